The molecule has 1 N–H and O–H groups in total. The lowest BCUT2D eigenvalue weighted by molar-refractivity contribution is 0.0318. The fraction of sp³-hybridized carbons (Fsp3) is 0.333. The molecule has 0 bridgehead atoms. The largest absolute Gasteiger partial charge is 0.451 e. The molecule has 0 saturated heterocycles. The second kappa shape index (κ2) is 9.67. The lowest BCUT2D eigenvalue weighted by Gasteiger charge is -2.13. The maximum atomic E-state index is 12.5. The summed E-state index contributed by atoms with van der Waals surface area (Å²) in [4.78, 5) is 24.8. The molecular formula is C21H25NO6S. The van der Waals surface area contributed by atoms with Crippen molar-refractivity contribution in [3.8, 4) is 0 Å². The van der Waals surface area contributed by atoms with Gasteiger partial charge in [0.1, 0.15) is 0 Å². The van der Waals surface area contributed by atoms with E-state index in [0.29, 0.717) is 23.4 Å². The number of nitrogens with one attached hydrogen (secondary N) is 1. The maximum absolute atomic E-state index is 12.5. The van der Waals surface area contributed by atoms with E-state index in [1.807, 2.05) is 13.8 Å². The first-order chi connectivity index (χ1) is 13.5. The van der Waals surface area contributed by atoms with Gasteiger partial charge in [0.2, 0.25) is 15.8 Å². The number of anilines is 1. The molecule has 2 rings (SSSR count). The average Bonchev–Trinajstić information content (AvgIpc) is 2.65. The van der Waals surface area contributed by atoms with E-state index in [4.69, 9.17) is 9.47 Å². The maximum Gasteiger partial charge on any atom is 0.338 e. The van der Waals surface area contributed by atoms with E-state index < -0.39 is 22.1 Å². The van der Waals surface area contributed by atoms with Gasteiger partial charge in [0.25, 0.3) is 0 Å². The summed E-state index contributed by atoms with van der Waals surface area (Å²) in [6.45, 7) is 5.83. The Balaban J connectivity index is 1.97. The lowest BCUT2D eigenvalue weighted by Crippen LogP contribution is -2.24. The van der Waals surface area contributed by atoms with Crippen molar-refractivity contribution in [3.63, 3.8) is 0 Å². The molecule has 0 aliphatic carbocycles. The molecule has 2 aromatic rings. The van der Waals surface area contributed by atoms with Crippen molar-refractivity contribution in [1.29, 1.82) is 0 Å². The number of esters is 1. The van der Waals surface area contributed by atoms with E-state index in [0.717, 1.165) is 11.8 Å². The minimum absolute atomic E-state index is 0.114. The first-order valence-corrected chi connectivity index (χ1v) is 11.0. The number of hydrogen-bond acceptors (Lipinski definition) is 6. The summed E-state index contributed by atoms with van der Waals surface area (Å²) in [5.74, 6) is -0.983. The Morgan fingerprint density at radius 2 is 1.48 bits per heavy atom. The predicted octanol–water partition coefficient (Wildman–Crippen LogP) is 3.41. The minimum atomic E-state index is -3.40. The Kier molecular flexibility index (Phi) is 7.53. The van der Waals surface area contributed by atoms with Crippen LogP contribution in [-0.4, -0.2) is 38.6 Å². The first-order valence-electron chi connectivity index (χ1n) is 9.09. The lowest BCUT2D eigenvalue weighted by atomic mass is 10.1. The number of benzene rings is 2. The Morgan fingerprint density at radius 3 is 2.00 bits per heavy atom. The van der Waals surface area contributed by atoms with Gasteiger partial charge in [-0.3, -0.25) is 9.52 Å². The zero-order valence-electron chi connectivity index (χ0n) is 16.8. The highest BCUT2D eigenvalue weighted by Crippen LogP contribution is 2.15. The van der Waals surface area contributed by atoms with E-state index >= 15 is 0 Å². The van der Waals surface area contributed by atoms with Gasteiger partial charge < -0.3 is 9.47 Å². The van der Waals surface area contributed by atoms with E-state index in [-0.39, 0.29) is 11.9 Å². The summed E-state index contributed by atoms with van der Waals surface area (Å²) in [5.41, 5.74) is 1.92. The molecule has 0 aromatic heterocycles. The van der Waals surface area contributed by atoms with Gasteiger partial charge in [0.05, 0.1) is 24.5 Å². The van der Waals surface area contributed by atoms with Crippen molar-refractivity contribution < 1.29 is 27.5 Å². The Hall–Kier alpha value is -2.71. The van der Waals surface area contributed by atoms with Gasteiger partial charge in [0, 0.05) is 11.3 Å². The molecular weight excluding hydrogens is 394 g/mol. The van der Waals surface area contributed by atoms with Crippen molar-refractivity contribution in [2.75, 3.05) is 11.0 Å². The molecule has 7 nitrogen and oxygen atoms in total. The van der Waals surface area contributed by atoms with Crippen LogP contribution in [0.25, 0.3) is 0 Å². The highest BCUT2D eigenvalue weighted by Gasteiger charge is 2.20. The summed E-state index contributed by atoms with van der Waals surface area (Å²) in [6, 6.07) is 12.7. The van der Waals surface area contributed by atoms with Gasteiger partial charge in [-0.25, -0.2) is 13.2 Å². The number of hydrogen-bond donors (Lipinski definition) is 1. The van der Waals surface area contributed by atoms with Crippen molar-refractivity contribution in [2.45, 2.75) is 39.6 Å². The van der Waals surface area contributed by atoms with Crippen LogP contribution in [0.1, 0.15) is 47.1 Å². The smallest absolute Gasteiger partial charge is 0.338 e. The standard InChI is InChI=1S/C21H25NO6S/c1-14(2)27-13-16-5-7-18(8-6-16)21(24)28-15(3)20(23)17-9-11-19(12-10-17)22-29(4,25)26/h5-12,14-15,22H,13H2,1-4H3/t15-/m0/s1. The highest BCUT2D eigenvalue weighted by atomic mass is 32.2. The predicted molar refractivity (Wildman–Crippen MR) is 110 cm³/mol. The van der Waals surface area contributed by atoms with Crippen LogP contribution in [0.3, 0.4) is 0 Å². The van der Waals surface area contributed by atoms with Crippen molar-refractivity contribution >= 4 is 27.5 Å². The number of sulfonamides is 1. The van der Waals surface area contributed by atoms with E-state index in [1.54, 1.807) is 24.3 Å². The highest BCUT2D eigenvalue weighted by molar-refractivity contribution is 7.92. The van der Waals surface area contributed by atoms with Gasteiger partial charge in [-0.15, -0.1) is 0 Å². The SMILES string of the molecule is CC(C)OCc1ccc(C(=O)O[C@@H](C)C(=O)c2ccc(NS(C)(=O)=O)cc2)cc1. The summed E-state index contributed by atoms with van der Waals surface area (Å²) in [5, 5.41) is 0. The molecule has 0 fully saturated rings. The van der Waals surface area contributed by atoms with Gasteiger partial charge in [-0.05, 0) is 62.7 Å². The first kappa shape index (κ1) is 22.6. The van der Waals surface area contributed by atoms with Gasteiger partial charge in [0.15, 0.2) is 6.10 Å². The van der Waals surface area contributed by atoms with Crippen LogP contribution < -0.4 is 4.72 Å². The Bertz CT molecular complexity index is 950. The molecule has 29 heavy (non-hydrogen) atoms. The number of rotatable bonds is 9. The van der Waals surface area contributed by atoms with Crippen molar-refractivity contribution in [1.82, 2.24) is 0 Å². The molecule has 8 heteroatoms. The molecule has 0 heterocycles. The molecule has 2 aromatic carbocycles. The Morgan fingerprint density at radius 1 is 0.931 bits per heavy atom. The third kappa shape index (κ3) is 7.32. The van der Waals surface area contributed by atoms with Crippen LogP contribution in [-0.2, 0) is 26.1 Å². The summed E-state index contributed by atoms with van der Waals surface area (Å²) < 4.78 is 35.6. The van der Waals surface area contributed by atoms with Crippen LogP contribution in [0.4, 0.5) is 5.69 Å². The fourth-order valence-electron chi connectivity index (χ4n) is 2.43. The third-order valence-electron chi connectivity index (χ3n) is 3.90. The minimum Gasteiger partial charge on any atom is -0.451 e. The molecule has 0 amide bonds. The molecule has 0 radical (unpaired) electrons. The van der Waals surface area contributed by atoms with Gasteiger partial charge >= 0.3 is 5.97 Å². The molecule has 0 unspecified atom stereocenters. The van der Waals surface area contributed by atoms with Crippen LogP contribution in [0.15, 0.2) is 48.5 Å². The van der Waals surface area contributed by atoms with Crippen molar-refractivity contribution in [2.24, 2.45) is 0 Å². The van der Waals surface area contributed by atoms with Crippen molar-refractivity contribution in [3.05, 3.63) is 65.2 Å². The van der Waals surface area contributed by atoms with E-state index in [9.17, 15) is 18.0 Å². The number of carbonyl (C=O) groups is 2. The molecule has 1 atom stereocenters. The second-order valence-electron chi connectivity index (χ2n) is 6.92. The van der Waals surface area contributed by atoms with E-state index in [2.05, 4.69) is 4.72 Å². The summed E-state index contributed by atoms with van der Waals surface area (Å²) >= 11 is 0. The summed E-state index contributed by atoms with van der Waals surface area (Å²) in [7, 11) is -3.40. The molecule has 0 saturated carbocycles. The monoisotopic (exact) mass is 419 g/mol. The number of carbonyl (C=O) groups excluding carboxylic acids is 2. The number of ether oxygens (including phenoxy) is 2. The summed E-state index contributed by atoms with van der Waals surface area (Å²) in [6.07, 6.45) is 0.167. The zero-order chi connectivity index (χ0) is 21.6. The van der Waals surface area contributed by atoms with Gasteiger partial charge in [-0.1, -0.05) is 12.1 Å². The molecule has 0 aliphatic heterocycles. The molecule has 156 valence electrons. The van der Waals surface area contributed by atoms with E-state index in [1.165, 1.54) is 31.2 Å². The molecule has 0 aliphatic rings. The average molecular weight is 419 g/mol. The third-order valence-corrected chi connectivity index (χ3v) is 4.51. The van der Waals surface area contributed by atoms with Gasteiger partial charge in [-0.2, -0.15) is 0 Å². The van der Waals surface area contributed by atoms with Crippen LogP contribution in [0.2, 0.25) is 0 Å². The Labute approximate surface area is 171 Å². The topological polar surface area (TPSA) is 98.8 Å². The quantitative estimate of drug-likeness (QED) is 0.494. The molecule has 0 spiro atoms. The van der Waals surface area contributed by atoms with Crippen LogP contribution in [0, 0.1) is 0 Å². The normalized spacial score (nSPS) is 12.4. The number of ketones is 1. The second-order valence-corrected chi connectivity index (χ2v) is 8.67. The van der Waals surface area contributed by atoms with Crippen LogP contribution in [0.5, 0.6) is 0 Å². The number of Topliss-reactive ketones (excluding diaryl/α,β-unsaturated/α-hetero) is 1. The van der Waals surface area contributed by atoms with Crippen LogP contribution >= 0.6 is 0 Å². The fourth-order valence-corrected chi connectivity index (χ4v) is 3.00. The zero-order valence-corrected chi connectivity index (χ0v) is 17.7.